The SMILES string of the molecule is CCOc1cc(C(=O)N2CCOCC2CCOC)ccc1C. The third-order valence-electron chi connectivity index (χ3n) is 3.88. The van der Waals surface area contributed by atoms with Gasteiger partial charge in [-0.05, 0) is 38.0 Å². The summed E-state index contributed by atoms with van der Waals surface area (Å²) < 4.78 is 16.2. The number of carbonyl (C=O) groups excluding carboxylic acids is 1. The first kappa shape index (κ1) is 16.8. The Hall–Kier alpha value is -1.59. The van der Waals surface area contributed by atoms with Crippen LogP contribution >= 0.6 is 0 Å². The molecule has 1 aliphatic heterocycles. The predicted octanol–water partition coefficient (Wildman–Crippen LogP) is 2.27. The molecule has 0 aliphatic carbocycles. The Labute approximate surface area is 132 Å². The van der Waals surface area contributed by atoms with Crippen LogP contribution in [0, 0.1) is 6.92 Å². The van der Waals surface area contributed by atoms with Gasteiger partial charge in [0.1, 0.15) is 5.75 Å². The summed E-state index contributed by atoms with van der Waals surface area (Å²) in [5.41, 5.74) is 1.70. The number of morpholine rings is 1. The lowest BCUT2D eigenvalue weighted by molar-refractivity contribution is -0.0104. The molecule has 0 bridgehead atoms. The van der Waals surface area contributed by atoms with E-state index in [0.29, 0.717) is 38.5 Å². The lowest BCUT2D eigenvalue weighted by Gasteiger charge is -2.35. The molecule has 2 rings (SSSR count). The fourth-order valence-electron chi connectivity index (χ4n) is 2.63. The number of methoxy groups -OCH3 is 1. The quantitative estimate of drug-likeness (QED) is 0.809. The van der Waals surface area contributed by atoms with Crippen LogP contribution in [0.2, 0.25) is 0 Å². The summed E-state index contributed by atoms with van der Waals surface area (Å²) >= 11 is 0. The van der Waals surface area contributed by atoms with Crippen molar-refractivity contribution < 1.29 is 19.0 Å². The molecule has 0 saturated carbocycles. The van der Waals surface area contributed by atoms with Crippen molar-refractivity contribution in [1.82, 2.24) is 4.90 Å². The van der Waals surface area contributed by atoms with Crippen molar-refractivity contribution in [1.29, 1.82) is 0 Å². The molecule has 1 saturated heterocycles. The average molecular weight is 307 g/mol. The van der Waals surface area contributed by atoms with Crippen LogP contribution in [-0.2, 0) is 9.47 Å². The second-order valence-corrected chi connectivity index (χ2v) is 5.42. The molecule has 1 unspecified atom stereocenters. The molecule has 0 aromatic heterocycles. The predicted molar refractivity (Wildman–Crippen MR) is 84.5 cm³/mol. The minimum Gasteiger partial charge on any atom is -0.494 e. The molecular formula is C17H25NO4. The summed E-state index contributed by atoms with van der Waals surface area (Å²) in [5, 5.41) is 0. The van der Waals surface area contributed by atoms with Crippen molar-refractivity contribution in [3.05, 3.63) is 29.3 Å². The van der Waals surface area contributed by atoms with Crippen molar-refractivity contribution in [2.75, 3.05) is 40.1 Å². The normalized spacial score (nSPS) is 18.3. The number of benzene rings is 1. The highest BCUT2D eigenvalue weighted by Crippen LogP contribution is 2.22. The second-order valence-electron chi connectivity index (χ2n) is 5.42. The van der Waals surface area contributed by atoms with Crippen molar-refractivity contribution in [3.8, 4) is 5.75 Å². The number of nitrogens with zero attached hydrogens (tertiary/aromatic N) is 1. The molecular weight excluding hydrogens is 282 g/mol. The third-order valence-corrected chi connectivity index (χ3v) is 3.88. The first-order chi connectivity index (χ1) is 10.7. The van der Waals surface area contributed by atoms with Crippen LogP contribution in [0.3, 0.4) is 0 Å². The molecule has 1 amide bonds. The highest BCUT2D eigenvalue weighted by molar-refractivity contribution is 5.95. The maximum atomic E-state index is 12.8. The van der Waals surface area contributed by atoms with Gasteiger partial charge in [0.05, 0.1) is 25.9 Å². The molecule has 1 aromatic rings. The van der Waals surface area contributed by atoms with Crippen LogP contribution in [-0.4, -0.2) is 56.9 Å². The van der Waals surface area contributed by atoms with E-state index in [4.69, 9.17) is 14.2 Å². The second kappa shape index (κ2) is 8.15. The minimum atomic E-state index is 0.0327. The van der Waals surface area contributed by atoms with Gasteiger partial charge in [-0.25, -0.2) is 0 Å². The Bertz CT molecular complexity index is 503. The van der Waals surface area contributed by atoms with Crippen LogP contribution in [0.4, 0.5) is 0 Å². The molecule has 1 fully saturated rings. The number of rotatable bonds is 6. The van der Waals surface area contributed by atoms with Gasteiger partial charge >= 0.3 is 0 Å². The molecule has 1 aliphatic rings. The standard InChI is InChI=1S/C17H25NO4/c1-4-22-16-11-14(6-5-13(16)2)17(19)18-8-10-21-12-15(18)7-9-20-3/h5-6,11,15H,4,7-10,12H2,1-3H3. The molecule has 5 nitrogen and oxygen atoms in total. The zero-order valence-corrected chi connectivity index (χ0v) is 13.6. The van der Waals surface area contributed by atoms with Gasteiger partial charge in [-0.3, -0.25) is 4.79 Å². The Balaban J connectivity index is 2.16. The van der Waals surface area contributed by atoms with Crippen molar-refractivity contribution in [3.63, 3.8) is 0 Å². The van der Waals surface area contributed by atoms with Crippen LogP contribution < -0.4 is 4.74 Å². The van der Waals surface area contributed by atoms with Crippen LogP contribution in [0.15, 0.2) is 18.2 Å². The molecule has 22 heavy (non-hydrogen) atoms. The number of ether oxygens (including phenoxy) is 3. The minimum absolute atomic E-state index is 0.0327. The Morgan fingerprint density at radius 2 is 2.27 bits per heavy atom. The first-order valence-corrected chi connectivity index (χ1v) is 7.78. The van der Waals surface area contributed by atoms with E-state index in [-0.39, 0.29) is 11.9 Å². The van der Waals surface area contributed by atoms with E-state index in [2.05, 4.69) is 0 Å². The number of hydrogen-bond donors (Lipinski definition) is 0. The number of amides is 1. The Morgan fingerprint density at radius 1 is 1.45 bits per heavy atom. The third kappa shape index (κ3) is 3.99. The maximum absolute atomic E-state index is 12.8. The van der Waals surface area contributed by atoms with E-state index in [0.717, 1.165) is 17.7 Å². The van der Waals surface area contributed by atoms with Crippen LogP contribution in [0.5, 0.6) is 5.75 Å². The molecule has 1 heterocycles. The monoisotopic (exact) mass is 307 g/mol. The molecule has 1 aromatic carbocycles. The molecule has 0 spiro atoms. The van der Waals surface area contributed by atoms with E-state index in [1.165, 1.54) is 0 Å². The summed E-state index contributed by atoms with van der Waals surface area (Å²) in [7, 11) is 1.67. The van der Waals surface area contributed by atoms with E-state index in [1.54, 1.807) is 7.11 Å². The first-order valence-electron chi connectivity index (χ1n) is 7.78. The smallest absolute Gasteiger partial charge is 0.254 e. The number of hydrogen-bond acceptors (Lipinski definition) is 4. The van der Waals surface area contributed by atoms with Gasteiger partial charge in [0.15, 0.2) is 0 Å². The highest BCUT2D eigenvalue weighted by atomic mass is 16.5. The molecule has 5 heteroatoms. The van der Waals surface area contributed by atoms with Crippen LogP contribution in [0.1, 0.15) is 29.3 Å². The fourth-order valence-corrected chi connectivity index (χ4v) is 2.63. The lowest BCUT2D eigenvalue weighted by Crippen LogP contribution is -2.49. The summed E-state index contributed by atoms with van der Waals surface area (Å²) in [6.07, 6.45) is 0.784. The van der Waals surface area contributed by atoms with Gasteiger partial charge in [-0.15, -0.1) is 0 Å². The maximum Gasteiger partial charge on any atom is 0.254 e. The van der Waals surface area contributed by atoms with Gasteiger partial charge < -0.3 is 19.1 Å². The van der Waals surface area contributed by atoms with Gasteiger partial charge in [0.25, 0.3) is 5.91 Å². The van der Waals surface area contributed by atoms with Gasteiger partial charge in [0, 0.05) is 25.8 Å². The van der Waals surface area contributed by atoms with Gasteiger partial charge in [-0.2, -0.15) is 0 Å². The van der Waals surface area contributed by atoms with Gasteiger partial charge in [0.2, 0.25) is 0 Å². The molecule has 1 atom stereocenters. The van der Waals surface area contributed by atoms with Crippen molar-refractivity contribution in [2.45, 2.75) is 26.3 Å². The molecule has 122 valence electrons. The summed E-state index contributed by atoms with van der Waals surface area (Å²) in [6.45, 7) is 6.90. The van der Waals surface area contributed by atoms with E-state index >= 15 is 0 Å². The van der Waals surface area contributed by atoms with E-state index < -0.39 is 0 Å². The largest absolute Gasteiger partial charge is 0.494 e. The topological polar surface area (TPSA) is 48.0 Å². The number of aryl methyl sites for hydroxylation is 1. The summed E-state index contributed by atoms with van der Waals surface area (Å²) in [4.78, 5) is 14.7. The average Bonchev–Trinajstić information content (AvgIpc) is 2.55. The number of carbonyl (C=O) groups is 1. The zero-order chi connectivity index (χ0) is 15.9. The summed E-state index contributed by atoms with van der Waals surface area (Å²) in [5.74, 6) is 0.806. The zero-order valence-electron chi connectivity index (χ0n) is 13.6. The highest BCUT2D eigenvalue weighted by Gasteiger charge is 2.28. The molecule has 0 radical (unpaired) electrons. The summed E-state index contributed by atoms with van der Waals surface area (Å²) in [6, 6.07) is 5.70. The Morgan fingerprint density at radius 3 is 3.00 bits per heavy atom. The van der Waals surface area contributed by atoms with Crippen molar-refractivity contribution in [2.24, 2.45) is 0 Å². The Kier molecular flexibility index (Phi) is 6.21. The van der Waals surface area contributed by atoms with Crippen LogP contribution in [0.25, 0.3) is 0 Å². The van der Waals surface area contributed by atoms with E-state index in [1.807, 2.05) is 36.9 Å². The fraction of sp³-hybridized carbons (Fsp3) is 0.588. The molecule has 0 N–H and O–H groups in total. The van der Waals surface area contributed by atoms with E-state index in [9.17, 15) is 4.79 Å². The van der Waals surface area contributed by atoms with Gasteiger partial charge in [-0.1, -0.05) is 6.07 Å². The van der Waals surface area contributed by atoms with Crippen molar-refractivity contribution >= 4 is 5.91 Å². The lowest BCUT2D eigenvalue weighted by atomic mass is 10.1.